The summed E-state index contributed by atoms with van der Waals surface area (Å²) in [5.41, 5.74) is 0.997. The molecule has 1 amide bonds. The number of carbonyl (C=O) groups is 1. The van der Waals surface area contributed by atoms with Gasteiger partial charge >= 0.3 is 0 Å². The number of rotatable bonds is 7. The van der Waals surface area contributed by atoms with Crippen molar-refractivity contribution in [3.05, 3.63) is 54.1 Å². The van der Waals surface area contributed by atoms with Crippen LogP contribution in [0.5, 0.6) is 11.5 Å². The summed E-state index contributed by atoms with van der Waals surface area (Å²) in [5, 5.41) is 2.48. The molecule has 0 saturated carbocycles. The highest BCUT2D eigenvalue weighted by molar-refractivity contribution is 7.89. The van der Waals surface area contributed by atoms with Crippen molar-refractivity contribution in [2.75, 3.05) is 33.4 Å². The molecular weight excluding hydrogens is 368 g/mol. The third kappa shape index (κ3) is 4.58. The summed E-state index contributed by atoms with van der Waals surface area (Å²) >= 11 is 0. The van der Waals surface area contributed by atoms with Gasteiger partial charge in [0.1, 0.15) is 13.2 Å². The third-order valence-electron chi connectivity index (χ3n) is 4.24. The Bertz CT molecular complexity index is 900. The van der Waals surface area contributed by atoms with Crippen LogP contribution in [0.2, 0.25) is 0 Å². The van der Waals surface area contributed by atoms with Crippen LogP contribution >= 0.6 is 0 Å². The molecule has 8 heteroatoms. The number of hydrogen-bond acceptors (Lipinski definition) is 5. The lowest BCUT2D eigenvalue weighted by Gasteiger charge is -2.23. The van der Waals surface area contributed by atoms with Gasteiger partial charge in [0.2, 0.25) is 15.9 Å². The summed E-state index contributed by atoms with van der Waals surface area (Å²) in [5.74, 6) is 0.539. The number of benzene rings is 2. The highest BCUT2D eigenvalue weighted by Gasteiger charge is 2.28. The van der Waals surface area contributed by atoms with Gasteiger partial charge < -0.3 is 14.8 Å². The van der Waals surface area contributed by atoms with Gasteiger partial charge in [0, 0.05) is 19.7 Å². The van der Waals surface area contributed by atoms with Crippen LogP contribution in [0, 0.1) is 0 Å². The van der Waals surface area contributed by atoms with Crippen LogP contribution < -0.4 is 14.8 Å². The van der Waals surface area contributed by atoms with E-state index in [-0.39, 0.29) is 23.9 Å². The van der Waals surface area contributed by atoms with Crippen molar-refractivity contribution in [2.24, 2.45) is 0 Å². The van der Waals surface area contributed by atoms with Crippen LogP contribution in [0.4, 0.5) is 0 Å². The number of nitrogens with zero attached hydrogens (tertiary/aromatic N) is 1. The lowest BCUT2D eigenvalue weighted by atomic mass is 10.1. The Kier molecular flexibility index (Phi) is 5.98. The summed E-state index contributed by atoms with van der Waals surface area (Å²) in [6.45, 7) is 0.736. The van der Waals surface area contributed by atoms with Gasteiger partial charge in [-0.25, -0.2) is 8.42 Å². The lowest BCUT2D eigenvalue weighted by molar-refractivity contribution is -0.120. The number of amides is 1. The van der Waals surface area contributed by atoms with Crippen molar-refractivity contribution in [3.63, 3.8) is 0 Å². The molecule has 0 atom stereocenters. The zero-order chi connectivity index (χ0) is 19.3. The molecule has 0 aliphatic carbocycles. The normalized spacial score (nSPS) is 13.4. The molecule has 1 aliphatic heterocycles. The third-order valence-corrected chi connectivity index (χ3v) is 6.08. The molecule has 0 bridgehead atoms. The predicted octanol–water partition coefficient (Wildman–Crippen LogP) is 1.44. The first-order chi connectivity index (χ1) is 13.0. The van der Waals surface area contributed by atoms with Crippen molar-refractivity contribution < 1.29 is 22.7 Å². The number of likely N-dealkylation sites (N-methyl/N-ethyl adjacent to an activating group) is 1. The second kappa shape index (κ2) is 8.41. The van der Waals surface area contributed by atoms with E-state index in [0.29, 0.717) is 31.1 Å². The minimum atomic E-state index is -3.87. The summed E-state index contributed by atoms with van der Waals surface area (Å²) < 4.78 is 38.4. The van der Waals surface area contributed by atoms with Crippen molar-refractivity contribution >= 4 is 15.9 Å². The number of nitrogens with one attached hydrogen (secondary N) is 1. The van der Waals surface area contributed by atoms with E-state index >= 15 is 0 Å². The monoisotopic (exact) mass is 390 g/mol. The Hall–Kier alpha value is -2.58. The van der Waals surface area contributed by atoms with E-state index in [4.69, 9.17) is 9.47 Å². The Balaban J connectivity index is 1.85. The van der Waals surface area contributed by atoms with Crippen LogP contribution in [0.1, 0.15) is 5.56 Å². The van der Waals surface area contributed by atoms with Gasteiger partial charge in [0.05, 0.1) is 11.4 Å². The Labute approximate surface area is 158 Å². The number of carbonyl (C=O) groups excluding carboxylic acids is 1. The van der Waals surface area contributed by atoms with E-state index in [1.165, 1.54) is 23.5 Å². The van der Waals surface area contributed by atoms with E-state index in [0.717, 1.165) is 5.56 Å². The zero-order valence-corrected chi connectivity index (χ0v) is 15.9. The fourth-order valence-corrected chi connectivity index (χ4v) is 4.17. The first kappa shape index (κ1) is 19.2. The van der Waals surface area contributed by atoms with E-state index in [1.807, 2.05) is 30.3 Å². The molecule has 144 valence electrons. The van der Waals surface area contributed by atoms with Gasteiger partial charge in [-0.2, -0.15) is 4.31 Å². The number of fused-ring (bicyclic) bond motifs is 1. The molecule has 0 aromatic heterocycles. The van der Waals surface area contributed by atoms with Crippen molar-refractivity contribution in [2.45, 2.75) is 11.3 Å². The van der Waals surface area contributed by atoms with Crippen LogP contribution in [-0.2, 0) is 21.2 Å². The number of ether oxygens (including phenoxy) is 2. The minimum absolute atomic E-state index is 0.0729. The Morgan fingerprint density at radius 3 is 2.48 bits per heavy atom. The summed E-state index contributed by atoms with van der Waals surface area (Å²) in [6.07, 6.45) is 0.502. The number of sulfonamides is 1. The average molecular weight is 390 g/mol. The van der Waals surface area contributed by atoms with Crippen molar-refractivity contribution in [3.8, 4) is 11.5 Å². The van der Waals surface area contributed by atoms with Gasteiger partial charge in [0.25, 0.3) is 0 Å². The second-order valence-corrected chi connectivity index (χ2v) is 7.99. The molecule has 7 nitrogen and oxygen atoms in total. The summed E-state index contributed by atoms with van der Waals surface area (Å²) in [7, 11) is -2.39. The van der Waals surface area contributed by atoms with Gasteiger partial charge in [-0.05, 0) is 24.1 Å². The molecule has 0 radical (unpaired) electrons. The van der Waals surface area contributed by atoms with E-state index in [9.17, 15) is 13.2 Å². The van der Waals surface area contributed by atoms with Crippen LogP contribution in [-0.4, -0.2) is 52.0 Å². The topological polar surface area (TPSA) is 84.9 Å². The largest absolute Gasteiger partial charge is 0.486 e. The quantitative estimate of drug-likeness (QED) is 0.773. The summed E-state index contributed by atoms with van der Waals surface area (Å²) in [4.78, 5) is 12.0. The number of hydrogen-bond donors (Lipinski definition) is 1. The maximum atomic E-state index is 13.1. The molecule has 3 rings (SSSR count). The predicted molar refractivity (Wildman–Crippen MR) is 100 cm³/mol. The SMILES string of the molecule is CNC(=O)CN(CCc1ccccc1)S(=O)(=O)c1ccc2c(c1)OCCO2. The maximum absolute atomic E-state index is 13.1. The molecule has 0 unspecified atom stereocenters. The molecular formula is C19H22N2O5S. The van der Waals surface area contributed by atoms with Crippen LogP contribution in [0.15, 0.2) is 53.4 Å². The molecule has 2 aromatic carbocycles. The maximum Gasteiger partial charge on any atom is 0.243 e. The highest BCUT2D eigenvalue weighted by atomic mass is 32.2. The van der Waals surface area contributed by atoms with E-state index in [2.05, 4.69) is 5.32 Å². The van der Waals surface area contributed by atoms with Gasteiger partial charge in [-0.1, -0.05) is 30.3 Å². The van der Waals surface area contributed by atoms with Crippen molar-refractivity contribution in [1.29, 1.82) is 0 Å². The fourth-order valence-electron chi connectivity index (χ4n) is 2.76. The molecule has 1 aliphatic rings. The smallest absolute Gasteiger partial charge is 0.243 e. The summed E-state index contributed by atoms with van der Waals surface area (Å²) in [6, 6.07) is 14.0. The average Bonchev–Trinajstić information content (AvgIpc) is 2.71. The molecule has 1 N–H and O–H groups in total. The van der Waals surface area contributed by atoms with Crippen molar-refractivity contribution in [1.82, 2.24) is 9.62 Å². The Morgan fingerprint density at radius 2 is 1.78 bits per heavy atom. The van der Waals surface area contributed by atoms with Crippen LogP contribution in [0.3, 0.4) is 0 Å². The zero-order valence-electron chi connectivity index (χ0n) is 15.1. The molecule has 2 aromatic rings. The first-order valence-corrected chi connectivity index (χ1v) is 10.1. The van der Waals surface area contributed by atoms with Gasteiger partial charge in [-0.3, -0.25) is 4.79 Å². The second-order valence-electron chi connectivity index (χ2n) is 6.05. The van der Waals surface area contributed by atoms with Crippen LogP contribution in [0.25, 0.3) is 0 Å². The standard InChI is InChI=1S/C19H22N2O5S/c1-20-19(22)14-21(10-9-15-5-3-2-4-6-15)27(23,24)16-7-8-17-18(13-16)26-12-11-25-17/h2-8,13H,9-12,14H2,1H3,(H,20,22). The van der Waals surface area contributed by atoms with Gasteiger partial charge in [0.15, 0.2) is 11.5 Å². The molecule has 0 spiro atoms. The van der Waals surface area contributed by atoms with Gasteiger partial charge in [-0.15, -0.1) is 0 Å². The fraction of sp³-hybridized carbons (Fsp3) is 0.316. The molecule has 1 heterocycles. The highest BCUT2D eigenvalue weighted by Crippen LogP contribution is 2.33. The minimum Gasteiger partial charge on any atom is -0.486 e. The van der Waals surface area contributed by atoms with E-state index < -0.39 is 10.0 Å². The van der Waals surface area contributed by atoms with E-state index in [1.54, 1.807) is 6.07 Å². The lowest BCUT2D eigenvalue weighted by Crippen LogP contribution is -2.40. The molecule has 0 fully saturated rings. The first-order valence-electron chi connectivity index (χ1n) is 8.65. The molecule has 27 heavy (non-hydrogen) atoms. The Morgan fingerprint density at radius 1 is 1.07 bits per heavy atom. The molecule has 0 saturated heterocycles.